The molecule has 3 heterocycles. The van der Waals surface area contributed by atoms with Crippen LogP contribution in [0.15, 0.2) is 0 Å². The third-order valence-electron chi connectivity index (χ3n) is 20.1. The van der Waals surface area contributed by atoms with Crippen molar-refractivity contribution in [1.29, 1.82) is 0 Å². The molecule has 0 unspecified atom stereocenters. The molecule has 0 aromatic rings. The molecule has 8 rings (SSSR count). The number of aldehydes is 1. The lowest BCUT2D eigenvalue weighted by Gasteiger charge is -2.72. The third kappa shape index (κ3) is 7.84. The quantitative estimate of drug-likeness (QED) is 0.0905. The number of fused-ring (bicyclic) bond motifs is 7. The Morgan fingerprint density at radius 1 is 0.676 bits per heavy atom. The van der Waals surface area contributed by atoms with Gasteiger partial charge >= 0.3 is 11.9 Å². The second-order valence-electron chi connectivity index (χ2n) is 22.9. The first-order valence-corrected chi connectivity index (χ1v) is 24.7. The number of carbonyl (C=O) groups excluding carboxylic acids is 2. The van der Waals surface area contributed by atoms with Gasteiger partial charge in [0, 0.05) is 5.92 Å². The summed E-state index contributed by atoms with van der Waals surface area (Å²) in [5.74, 6) is -2.60. The Labute approximate surface area is 396 Å². The Morgan fingerprint density at radius 2 is 1.32 bits per heavy atom. The Bertz CT molecular complexity index is 1860. The lowest BCUT2D eigenvalue weighted by Crippen LogP contribution is -2.68. The van der Waals surface area contributed by atoms with Gasteiger partial charge < -0.3 is 89.4 Å². The van der Waals surface area contributed by atoms with Crippen LogP contribution in [0.5, 0.6) is 0 Å². The molecule has 8 fully saturated rings. The molecule has 0 bridgehead atoms. The molecular formula is C48H76O20. The summed E-state index contributed by atoms with van der Waals surface area (Å²) in [5, 5.41) is 118. The number of hydrogen-bond donors (Lipinski definition) is 11. The normalized spacial score (nSPS) is 55.1. The van der Waals surface area contributed by atoms with Crippen molar-refractivity contribution in [1.82, 2.24) is 0 Å². The molecule has 0 radical (unpaired) electrons. The third-order valence-corrected chi connectivity index (χ3v) is 20.1. The van der Waals surface area contributed by atoms with E-state index >= 15 is 0 Å². The number of rotatable bonds is 11. The molecule has 3 aliphatic heterocycles. The highest BCUT2D eigenvalue weighted by Crippen LogP contribution is 2.77. The predicted octanol–water partition coefficient (Wildman–Crippen LogP) is -0.652. The van der Waals surface area contributed by atoms with Crippen LogP contribution in [0.2, 0.25) is 0 Å². The van der Waals surface area contributed by atoms with Crippen molar-refractivity contribution in [3.05, 3.63) is 0 Å². The Kier molecular flexibility index (Phi) is 14.5. The number of hydrogen-bond acceptors (Lipinski definition) is 19. The summed E-state index contributed by atoms with van der Waals surface area (Å²) >= 11 is 0. The maximum absolute atomic E-state index is 15.0. The minimum atomic E-state index is -1.90. The van der Waals surface area contributed by atoms with Crippen molar-refractivity contribution in [2.45, 2.75) is 204 Å². The van der Waals surface area contributed by atoms with E-state index in [0.717, 1.165) is 25.5 Å². The molecular weight excluding hydrogens is 897 g/mol. The zero-order valence-electron chi connectivity index (χ0n) is 39.9. The fourth-order valence-corrected chi connectivity index (χ4v) is 15.9. The maximum atomic E-state index is 15.0. The molecule has 0 amide bonds. The summed E-state index contributed by atoms with van der Waals surface area (Å²) in [7, 11) is 0. The first kappa shape index (κ1) is 52.3. The molecule has 68 heavy (non-hydrogen) atoms. The number of esters is 1. The van der Waals surface area contributed by atoms with Gasteiger partial charge in [-0.1, -0.05) is 27.7 Å². The Balaban J connectivity index is 0.978. The molecule has 27 atom stereocenters. The lowest BCUT2D eigenvalue weighted by atomic mass is 9.32. The Hall–Kier alpha value is -1.99. The van der Waals surface area contributed by atoms with Gasteiger partial charge in [0.1, 0.15) is 73.4 Å². The van der Waals surface area contributed by atoms with E-state index in [1.807, 2.05) is 6.92 Å². The van der Waals surface area contributed by atoms with Crippen LogP contribution in [0.1, 0.15) is 106 Å². The van der Waals surface area contributed by atoms with Crippen molar-refractivity contribution < 1.29 is 99.0 Å². The van der Waals surface area contributed by atoms with Gasteiger partial charge in [-0.15, -0.1) is 0 Å². The van der Waals surface area contributed by atoms with Crippen molar-refractivity contribution in [3.8, 4) is 0 Å². The summed E-state index contributed by atoms with van der Waals surface area (Å²) in [4.78, 5) is 40.4. The van der Waals surface area contributed by atoms with Crippen LogP contribution in [0, 0.1) is 62.6 Å². The van der Waals surface area contributed by atoms with Crippen LogP contribution < -0.4 is 0 Å². The van der Waals surface area contributed by atoms with E-state index in [-0.39, 0.29) is 51.8 Å². The highest BCUT2D eigenvalue weighted by molar-refractivity contribution is 5.79. The molecule has 388 valence electrons. The second-order valence-corrected chi connectivity index (χ2v) is 22.9. The minimum absolute atomic E-state index is 0.0285. The van der Waals surface area contributed by atoms with E-state index in [0.29, 0.717) is 44.9 Å². The van der Waals surface area contributed by atoms with Crippen molar-refractivity contribution in [3.63, 3.8) is 0 Å². The van der Waals surface area contributed by atoms with E-state index in [2.05, 4.69) is 20.8 Å². The van der Waals surface area contributed by atoms with Crippen LogP contribution in [-0.4, -0.2) is 186 Å². The van der Waals surface area contributed by atoms with Crippen LogP contribution in [0.3, 0.4) is 0 Å². The maximum Gasteiger partial charge on any atom is 0.314 e. The average molecular weight is 973 g/mol. The van der Waals surface area contributed by atoms with E-state index < -0.39 is 134 Å². The average Bonchev–Trinajstić information content (AvgIpc) is 3.71. The van der Waals surface area contributed by atoms with Crippen LogP contribution >= 0.6 is 0 Å². The minimum Gasteiger partial charge on any atom is -0.481 e. The van der Waals surface area contributed by atoms with Gasteiger partial charge in [0.25, 0.3) is 0 Å². The number of aliphatic hydroxyl groups excluding tert-OH is 10. The summed E-state index contributed by atoms with van der Waals surface area (Å²) in [6.45, 7) is 10.4. The largest absolute Gasteiger partial charge is 0.481 e. The number of aliphatic carboxylic acids is 1. The molecule has 11 N–H and O–H groups in total. The molecule has 0 spiro atoms. The van der Waals surface area contributed by atoms with Crippen molar-refractivity contribution in [2.24, 2.45) is 62.6 Å². The first-order valence-electron chi connectivity index (χ1n) is 24.7. The number of carboxylic acid groups (broad SMARTS) is 1. The van der Waals surface area contributed by atoms with Crippen LogP contribution in [-0.2, 0) is 42.8 Å². The van der Waals surface area contributed by atoms with Crippen molar-refractivity contribution >= 4 is 18.2 Å². The van der Waals surface area contributed by atoms with Gasteiger partial charge in [-0.3, -0.25) is 9.59 Å². The highest BCUT2D eigenvalue weighted by atomic mass is 16.8. The molecule has 8 aliphatic rings. The van der Waals surface area contributed by atoms with E-state index in [1.54, 1.807) is 6.92 Å². The van der Waals surface area contributed by atoms with Gasteiger partial charge in [0.2, 0.25) is 6.29 Å². The fraction of sp³-hybridized carbons (Fsp3) is 0.938. The summed E-state index contributed by atoms with van der Waals surface area (Å²) < 4.78 is 34.6. The Morgan fingerprint density at radius 3 is 1.99 bits per heavy atom. The molecule has 0 aromatic heterocycles. The standard InChI is InChI=1S/C48H76O20/c1-20(17-49)22-9-14-48(16-15-45(4)23(29(22)48)7-8-26-44(3)12-11-28(51)47(6,42(60)61)27(44)10-13-46(26,45)5)43(62)68-41-36(58)33(55)31(53)25(66-41)19-63-39-37(59)34(56)38(24(18-50)65-39)67-40-35(57)32(54)30(52)21(2)64-40/h17,20-41,50-59H,7-16,18-19H2,1-6H3,(H,60,61)/t20-,21+,22-,23-,24+,25+,26-,27-,28+,29+,30+,31+,32-,33-,34+,35+,36+,37+,38+,39+,40-,41-,44+,45-,46-,47+,48+/m1/s1. The van der Waals surface area contributed by atoms with E-state index in [9.17, 15) is 70.6 Å². The van der Waals surface area contributed by atoms with Gasteiger partial charge in [-0.25, -0.2) is 0 Å². The smallest absolute Gasteiger partial charge is 0.314 e. The molecule has 5 aliphatic carbocycles. The summed E-state index contributed by atoms with van der Waals surface area (Å²) in [6, 6.07) is 0. The lowest BCUT2D eigenvalue weighted by molar-refractivity contribution is -0.361. The van der Waals surface area contributed by atoms with E-state index in [1.165, 1.54) is 6.92 Å². The van der Waals surface area contributed by atoms with Crippen molar-refractivity contribution in [2.75, 3.05) is 13.2 Å². The molecule has 0 aromatic carbocycles. The van der Waals surface area contributed by atoms with Crippen LogP contribution in [0.25, 0.3) is 0 Å². The first-order chi connectivity index (χ1) is 31.9. The molecule has 5 saturated carbocycles. The highest BCUT2D eigenvalue weighted by Gasteiger charge is 2.73. The summed E-state index contributed by atoms with van der Waals surface area (Å²) in [5.41, 5.74) is -3.30. The molecule has 20 heteroatoms. The number of ether oxygens (including phenoxy) is 6. The van der Waals surface area contributed by atoms with Gasteiger partial charge in [0.15, 0.2) is 12.6 Å². The number of carbonyl (C=O) groups is 3. The fourth-order valence-electron chi connectivity index (χ4n) is 15.9. The second kappa shape index (κ2) is 18.8. The van der Waals surface area contributed by atoms with Gasteiger partial charge in [0.05, 0.1) is 36.3 Å². The zero-order valence-corrected chi connectivity index (χ0v) is 39.9. The SMILES string of the molecule is C[C@H](C=O)[C@H]1CC[C@]2(C(=O)O[C@H]3O[C@@H](CO[C@H]4O[C@@H](CO)[C@H](O[C@H]5O[C@@H](C)[C@H](O)[C@@H](O)[C@@H]5O)[C@@H](O)[C@@H]4O)[C@H](O)[C@@H](O)[C@@H]3O)CC[C@]3(C)[C@H](CC[C@@H]4[C@]5(C)CC[C@H](O)[C@@](C)(C(=O)O)[C@@H]5CC[C@]43C)[C@H]12. The topological polar surface area (TPSA) is 329 Å². The van der Waals surface area contributed by atoms with E-state index in [4.69, 9.17) is 28.4 Å². The predicted molar refractivity (Wildman–Crippen MR) is 231 cm³/mol. The number of aliphatic hydroxyl groups is 10. The van der Waals surface area contributed by atoms with Gasteiger partial charge in [-0.2, -0.15) is 0 Å². The van der Waals surface area contributed by atoms with Crippen LogP contribution in [0.4, 0.5) is 0 Å². The number of carboxylic acids is 1. The summed E-state index contributed by atoms with van der Waals surface area (Å²) in [6.07, 6.45) is -18.7. The monoisotopic (exact) mass is 972 g/mol. The van der Waals surface area contributed by atoms with Gasteiger partial charge in [-0.05, 0) is 124 Å². The molecule has 3 saturated heterocycles. The zero-order chi connectivity index (χ0) is 49.8. The molecule has 20 nitrogen and oxygen atoms in total.